The van der Waals surface area contributed by atoms with Gasteiger partial charge in [-0.15, -0.1) is 0 Å². The summed E-state index contributed by atoms with van der Waals surface area (Å²) in [4.78, 5) is 7.58. The molecular weight excluding hydrogens is 748 g/mol. The van der Waals surface area contributed by atoms with Crippen LogP contribution < -0.4 is 46.9 Å². The Morgan fingerprint density at radius 1 is 0.407 bits per heavy atom. The molecule has 0 amide bonds. The van der Waals surface area contributed by atoms with E-state index in [1.165, 1.54) is 69.4 Å². The van der Waals surface area contributed by atoms with Gasteiger partial charge in [0.15, 0.2) is 8.07 Å². The predicted molar refractivity (Wildman–Crippen MR) is 254 cm³/mol. The first-order valence-electron chi connectivity index (χ1n) is 20.4. The largest absolute Gasteiger partial charge is 0.311 e. The first kappa shape index (κ1) is 34.3. The maximum Gasteiger partial charge on any atom is 0.249 e. The average molecular weight is 785 g/mol. The third kappa shape index (κ3) is 5.15. The van der Waals surface area contributed by atoms with Crippen LogP contribution in [0.25, 0.3) is 11.1 Å². The Hall–Kier alpha value is -6.79. The van der Waals surface area contributed by atoms with Crippen LogP contribution in [-0.2, 0) is 0 Å². The summed E-state index contributed by atoms with van der Waals surface area (Å²) in [5.41, 5.74) is 13.8. The van der Waals surface area contributed by atoms with Crippen molar-refractivity contribution in [3.05, 3.63) is 224 Å². The Bertz CT molecular complexity index is 2960. The molecule has 3 aliphatic heterocycles. The van der Waals surface area contributed by atoms with Crippen LogP contribution in [0.15, 0.2) is 234 Å². The van der Waals surface area contributed by atoms with Gasteiger partial charge < -0.3 is 9.80 Å². The van der Waals surface area contributed by atoms with Crippen LogP contribution in [0.1, 0.15) is 0 Å². The van der Waals surface area contributed by atoms with Crippen LogP contribution in [0.5, 0.6) is 0 Å². The van der Waals surface area contributed by atoms with E-state index in [1.54, 1.807) is 0 Å². The topological polar surface area (TPSA) is 6.48 Å². The lowest BCUT2D eigenvalue weighted by Crippen LogP contribution is -2.73. The minimum Gasteiger partial charge on any atom is -0.311 e. The number of para-hydroxylation sites is 3. The van der Waals surface area contributed by atoms with Crippen molar-refractivity contribution in [3.63, 3.8) is 0 Å². The van der Waals surface area contributed by atoms with Crippen LogP contribution in [0.2, 0.25) is 0 Å². The van der Waals surface area contributed by atoms with Gasteiger partial charge in [0.25, 0.3) is 0 Å². The van der Waals surface area contributed by atoms with Crippen LogP contribution in [0, 0.1) is 0 Å². The molecule has 59 heavy (non-hydrogen) atoms. The third-order valence-electron chi connectivity index (χ3n) is 12.5. The first-order valence-corrected chi connectivity index (χ1v) is 23.2. The smallest absolute Gasteiger partial charge is 0.249 e. The summed E-state index contributed by atoms with van der Waals surface area (Å²) in [6.45, 7) is 0.0515. The molecule has 9 aromatic carbocycles. The van der Waals surface area contributed by atoms with Gasteiger partial charge in [0.05, 0.1) is 0 Å². The molecule has 0 aliphatic carbocycles. The van der Waals surface area contributed by atoms with Crippen molar-refractivity contribution in [3.8, 4) is 11.1 Å². The van der Waals surface area contributed by atoms with E-state index in [4.69, 9.17) is 0 Å². The minimum absolute atomic E-state index is 0.0515. The van der Waals surface area contributed by atoms with E-state index in [9.17, 15) is 0 Å². The lowest BCUT2D eigenvalue weighted by Gasteiger charge is -2.42. The highest BCUT2D eigenvalue weighted by Crippen LogP contribution is 2.47. The summed E-state index contributed by atoms with van der Waals surface area (Å²) in [6, 6.07) is 83.8. The zero-order chi connectivity index (χ0) is 38.9. The number of fused-ring (bicyclic) bond motifs is 7. The summed E-state index contributed by atoms with van der Waals surface area (Å²) >= 11 is 1.91. The van der Waals surface area contributed by atoms with Gasteiger partial charge in [-0.3, -0.25) is 0 Å². The molecule has 0 atom stereocenters. The molecule has 3 heterocycles. The Labute approximate surface area is 351 Å². The summed E-state index contributed by atoms with van der Waals surface area (Å²) in [5, 5.41) is 5.77. The quantitative estimate of drug-likeness (QED) is 0.155. The SMILES string of the molecule is c1ccc(N(c2ccccc2)c2cc3c4c(c2)N(c2ccccc2)c2cc5c(cc2B4c2ccccc2S3)[Si](c2ccccc2)(c2ccccc2)c2ccccc2-5)cc1. The fraction of sp³-hybridized carbons (Fsp3) is 0. The maximum atomic E-state index is 2.66. The molecule has 0 spiro atoms. The summed E-state index contributed by atoms with van der Waals surface area (Å²) in [7, 11) is -2.74. The highest BCUT2D eigenvalue weighted by Gasteiger charge is 2.51. The van der Waals surface area contributed by atoms with Gasteiger partial charge in [-0.25, -0.2) is 0 Å². The second kappa shape index (κ2) is 13.7. The van der Waals surface area contributed by atoms with E-state index in [0.29, 0.717) is 0 Å². The zero-order valence-electron chi connectivity index (χ0n) is 32.2. The van der Waals surface area contributed by atoms with Crippen molar-refractivity contribution in [1.82, 2.24) is 0 Å². The molecule has 276 valence electrons. The molecule has 0 unspecified atom stereocenters. The minimum atomic E-state index is -2.74. The Morgan fingerprint density at radius 3 is 1.63 bits per heavy atom. The number of hydrogen-bond donors (Lipinski definition) is 0. The summed E-state index contributed by atoms with van der Waals surface area (Å²) in [6.07, 6.45) is 0. The number of anilines is 6. The van der Waals surface area contributed by atoms with Gasteiger partial charge in [-0.2, -0.15) is 0 Å². The Balaban J connectivity index is 1.19. The van der Waals surface area contributed by atoms with Crippen LogP contribution in [0.4, 0.5) is 34.1 Å². The van der Waals surface area contributed by atoms with Crippen molar-refractivity contribution in [2.24, 2.45) is 0 Å². The van der Waals surface area contributed by atoms with Crippen molar-refractivity contribution in [2.75, 3.05) is 9.80 Å². The molecule has 0 bridgehead atoms. The maximum absolute atomic E-state index is 2.74. The van der Waals surface area contributed by atoms with E-state index < -0.39 is 8.07 Å². The molecular formula is C54H37BN2SSi. The average Bonchev–Trinajstić information content (AvgIpc) is 3.60. The standard InChI is InChI=1S/C54H37BN2SSi/c1-6-20-38(21-7-1)56(39-22-8-2-9-23-39)41-34-49-54-51(35-41)58-50-32-18-17-31-46(50)55(54)47-37-53-45(36-48(47)57(49)40-24-10-3-11-25-40)44-30-16-19-33-52(44)59(53,42-26-12-4-13-27-42)43-28-14-5-15-29-43/h1-37H. The zero-order valence-corrected chi connectivity index (χ0v) is 34.1. The molecule has 0 saturated heterocycles. The highest BCUT2D eigenvalue weighted by molar-refractivity contribution is 8.00. The van der Waals surface area contributed by atoms with Crippen molar-refractivity contribution >= 4 is 97.8 Å². The predicted octanol–water partition coefficient (Wildman–Crippen LogP) is 9.28. The normalized spacial score (nSPS) is 13.8. The lowest BCUT2D eigenvalue weighted by molar-refractivity contribution is 1.23. The summed E-state index contributed by atoms with van der Waals surface area (Å²) in [5.74, 6) is 0. The van der Waals surface area contributed by atoms with Gasteiger partial charge >= 0.3 is 0 Å². The molecule has 5 heteroatoms. The molecule has 2 nitrogen and oxygen atoms in total. The van der Waals surface area contributed by atoms with Crippen molar-refractivity contribution in [2.45, 2.75) is 9.79 Å². The molecule has 9 aromatic rings. The van der Waals surface area contributed by atoms with E-state index >= 15 is 0 Å². The number of nitrogens with zero attached hydrogens (tertiary/aromatic N) is 2. The van der Waals surface area contributed by atoms with Crippen molar-refractivity contribution in [1.29, 1.82) is 0 Å². The van der Waals surface area contributed by atoms with E-state index in [0.717, 1.165) is 22.7 Å². The van der Waals surface area contributed by atoms with Crippen molar-refractivity contribution < 1.29 is 0 Å². The second-order valence-electron chi connectivity index (χ2n) is 15.6. The highest BCUT2D eigenvalue weighted by atomic mass is 32.2. The Morgan fingerprint density at radius 2 is 0.966 bits per heavy atom. The summed E-state index contributed by atoms with van der Waals surface area (Å²) < 4.78 is 0. The van der Waals surface area contributed by atoms with Gasteiger partial charge in [-0.05, 0) is 103 Å². The Kier molecular flexibility index (Phi) is 7.94. The first-order chi connectivity index (χ1) is 29.3. The van der Waals surface area contributed by atoms with Crippen LogP contribution in [0.3, 0.4) is 0 Å². The van der Waals surface area contributed by atoms with Gasteiger partial charge in [0.2, 0.25) is 6.71 Å². The molecule has 0 fully saturated rings. The van der Waals surface area contributed by atoms with Crippen LogP contribution in [-0.4, -0.2) is 14.8 Å². The number of rotatable bonds is 6. The van der Waals surface area contributed by atoms with Crippen LogP contribution >= 0.6 is 11.8 Å². The molecule has 12 rings (SSSR count). The fourth-order valence-electron chi connectivity index (χ4n) is 10.2. The van der Waals surface area contributed by atoms with E-state index in [-0.39, 0.29) is 6.71 Å². The molecule has 3 aliphatic rings. The fourth-order valence-corrected chi connectivity index (χ4v) is 16.6. The van der Waals surface area contributed by atoms with Gasteiger partial charge in [0, 0.05) is 43.9 Å². The monoisotopic (exact) mass is 784 g/mol. The molecule has 0 radical (unpaired) electrons. The van der Waals surface area contributed by atoms with Gasteiger partial charge in [-0.1, -0.05) is 181 Å². The van der Waals surface area contributed by atoms with E-state index in [1.807, 2.05) is 11.8 Å². The lowest BCUT2D eigenvalue weighted by atomic mass is 9.35. The number of benzene rings is 9. The second-order valence-corrected chi connectivity index (χ2v) is 20.4. The molecule has 0 saturated carbocycles. The van der Waals surface area contributed by atoms with Gasteiger partial charge in [0.1, 0.15) is 0 Å². The third-order valence-corrected chi connectivity index (χ3v) is 18.6. The number of hydrogen-bond acceptors (Lipinski definition) is 3. The molecule has 0 aromatic heterocycles. The molecule has 0 N–H and O–H groups in total. The van der Waals surface area contributed by atoms with E-state index in [2.05, 4.69) is 234 Å².